The predicted molar refractivity (Wildman–Crippen MR) is 139 cm³/mol. The SMILES string of the molecule is Cc1ccc2oc(-c3cc(N=Cc4ccc(OC(=O)c5ccc(Br)cc5)cc4)ccc3O)nc2c1. The highest BCUT2D eigenvalue weighted by atomic mass is 79.9. The topological polar surface area (TPSA) is 84.9 Å². The summed E-state index contributed by atoms with van der Waals surface area (Å²) in [7, 11) is 0. The molecule has 0 radical (unpaired) electrons. The van der Waals surface area contributed by atoms with Crippen molar-refractivity contribution in [3.63, 3.8) is 0 Å². The van der Waals surface area contributed by atoms with Gasteiger partial charge in [-0.3, -0.25) is 4.99 Å². The van der Waals surface area contributed by atoms with E-state index in [0.29, 0.717) is 34.0 Å². The minimum Gasteiger partial charge on any atom is -0.507 e. The number of aryl methyl sites for hydroxylation is 1. The highest BCUT2D eigenvalue weighted by Gasteiger charge is 2.13. The lowest BCUT2D eigenvalue weighted by Crippen LogP contribution is -2.08. The van der Waals surface area contributed by atoms with Crippen LogP contribution in [0, 0.1) is 6.92 Å². The second-order valence-electron chi connectivity index (χ2n) is 7.92. The number of hydrogen-bond acceptors (Lipinski definition) is 6. The minimum atomic E-state index is -0.426. The normalized spacial score (nSPS) is 11.3. The Labute approximate surface area is 209 Å². The number of carbonyl (C=O) groups is 1. The summed E-state index contributed by atoms with van der Waals surface area (Å²) < 4.78 is 12.1. The molecule has 0 unspecified atom stereocenters. The van der Waals surface area contributed by atoms with Crippen LogP contribution in [0.5, 0.6) is 11.5 Å². The van der Waals surface area contributed by atoms with Gasteiger partial charge in [0.1, 0.15) is 17.0 Å². The zero-order chi connectivity index (χ0) is 24.4. The Morgan fingerprint density at radius 1 is 1.00 bits per heavy atom. The average molecular weight is 527 g/mol. The highest BCUT2D eigenvalue weighted by Crippen LogP contribution is 2.34. The van der Waals surface area contributed by atoms with Crippen LogP contribution in [0.2, 0.25) is 0 Å². The Bertz CT molecular complexity index is 1560. The van der Waals surface area contributed by atoms with Crippen LogP contribution in [-0.4, -0.2) is 22.3 Å². The number of aliphatic imine (C=N–C) groups is 1. The Morgan fingerprint density at radius 3 is 2.54 bits per heavy atom. The zero-order valence-electron chi connectivity index (χ0n) is 18.6. The summed E-state index contributed by atoms with van der Waals surface area (Å²) in [6.45, 7) is 1.99. The maximum absolute atomic E-state index is 12.3. The van der Waals surface area contributed by atoms with Crippen LogP contribution in [0.25, 0.3) is 22.6 Å². The van der Waals surface area contributed by atoms with Gasteiger partial charge in [-0.2, -0.15) is 0 Å². The van der Waals surface area contributed by atoms with E-state index in [1.54, 1.807) is 72.9 Å². The van der Waals surface area contributed by atoms with Gasteiger partial charge < -0.3 is 14.3 Å². The molecule has 0 atom stereocenters. The number of esters is 1. The Morgan fingerprint density at radius 2 is 1.77 bits per heavy atom. The average Bonchev–Trinajstić information content (AvgIpc) is 3.27. The Balaban J connectivity index is 1.31. The molecule has 6 nitrogen and oxygen atoms in total. The van der Waals surface area contributed by atoms with Crippen LogP contribution < -0.4 is 4.74 Å². The van der Waals surface area contributed by atoms with Crippen LogP contribution >= 0.6 is 15.9 Å². The number of aromatic nitrogens is 1. The fourth-order valence-corrected chi connectivity index (χ4v) is 3.72. The summed E-state index contributed by atoms with van der Waals surface area (Å²) >= 11 is 3.34. The van der Waals surface area contributed by atoms with Crippen LogP contribution in [-0.2, 0) is 0 Å². The number of phenolic OH excluding ortho intramolecular Hbond substituents is 1. The van der Waals surface area contributed by atoms with E-state index in [-0.39, 0.29) is 5.75 Å². The fourth-order valence-electron chi connectivity index (χ4n) is 3.45. The largest absolute Gasteiger partial charge is 0.507 e. The highest BCUT2D eigenvalue weighted by molar-refractivity contribution is 9.10. The van der Waals surface area contributed by atoms with Crippen molar-refractivity contribution >= 4 is 44.9 Å². The number of carbonyl (C=O) groups excluding carboxylic acids is 1. The number of phenols is 1. The second kappa shape index (κ2) is 9.56. The molecule has 5 rings (SSSR count). The van der Waals surface area contributed by atoms with Crippen molar-refractivity contribution < 1.29 is 19.1 Å². The molecule has 172 valence electrons. The maximum atomic E-state index is 12.3. The van der Waals surface area contributed by atoms with E-state index in [1.807, 2.05) is 25.1 Å². The molecule has 0 bridgehead atoms. The lowest BCUT2D eigenvalue weighted by atomic mass is 10.1. The summed E-state index contributed by atoms with van der Waals surface area (Å²) in [5.41, 5.74) is 4.84. The first-order valence-electron chi connectivity index (χ1n) is 10.8. The summed E-state index contributed by atoms with van der Waals surface area (Å²) in [5, 5.41) is 10.4. The van der Waals surface area contributed by atoms with Crippen LogP contribution in [0.4, 0.5) is 5.69 Å². The van der Waals surface area contributed by atoms with Crippen LogP contribution in [0.15, 0.2) is 98.8 Å². The number of ether oxygens (including phenoxy) is 1. The first-order chi connectivity index (χ1) is 16.9. The van der Waals surface area contributed by atoms with E-state index in [0.717, 1.165) is 21.1 Å². The molecular weight excluding hydrogens is 508 g/mol. The van der Waals surface area contributed by atoms with Crippen molar-refractivity contribution in [1.82, 2.24) is 4.98 Å². The Hall–Kier alpha value is -4.23. The third kappa shape index (κ3) is 5.15. The van der Waals surface area contributed by atoms with E-state index in [2.05, 4.69) is 25.9 Å². The molecule has 0 saturated carbocycles. The smallest absolute Gasteiger partial charge is 0.343 e. The summed E-state index contributed by atoms with van der Waals surface area (Å²) in [5.74, 6) is 0.402. The molecule has 0 fully saturated rings. The molecule has 0 amide bonds. The lowest BCUT2D eigenvalue weighted by molar-refractivity contribution is 0.0734. The second-order valence-corrected chi connectivity index (χ2v) is 8.83. The van der Waals surface area contributed by atoms with E-state index in [1.165, 1.54) is 0 Å². The monoisotopic (exact) mass is 526 g/mol. The molecule has 1 heterocycles. The van der Waals surface area contributed by atoms with Crippen molar-refractivity contribution in [2.45, 2.75) is 6.92 Å². The molecule has 1 N–H and O–H groups in total. The molecule has 0 aliphatic rings. The first kappa shape index (κ1) is 22.6. The molecule has 35 heavy (non-hydrogen) atoms. The molecule has 0 aliphatic heterocycles. The summed E-state index contributed by atoms with van der Waals surface area (Å²) in [4.78, 5) is 21.3. The van der Waals surface area contributed by atoms with Gasteiger partial charge in [-0.1, -0.05) is 22.0 Å². The van der Waals surface area contributed by atoms with Crippen molar-refractivity contribution in [3.8, 4) is 23.0 Å². The molecule has 1 aromatic heterocycles. The van der Waals surface area contributed by atoms with Gasteiger partial charge in [-0.05, 0) is 96.9 Å². The van der Waals surface area contributed by atoms with Gasteiger partial charge >= 0.3 is 5.97 Å². The van der Waals surface area contributed by atoms with E-state index < -0.39 is 5.97 Å². The number of hydrogen-bond donors (Lipinski definition) is 1. The van der Waals surface area contributed by atoms with Crippen LogP contribution in [0.1, 0.15) is 21.5 Å². The number of halogens is 1. The van der Waals surface area contributed by atoms with E-state index >= 15 is 0 Å². The quantitative estimate of drug-likeness (QED) is 0.148. The van der Waals surface area contributed by atoms with E-state index in [4.69, 9.17) is 9.15 Å². The summed E-state index contributed by atoms with van der Waals surface area (Å²) in [6.07, 6.45) is 1.69. The van der Waals surface area contributed by atoms with Crippen molar-refractivity contribution in [1.29, 1.82) is 0 Å². The standard InChI is InChI=1S/C28H19BrN2O4/c1-17-2-13-26-24(14-17)31-27(35-26)23-15-21(9-12-25(23)32)30-16-18-3-10-22(11-4-18)34-28(33)19-5-7-20(29)8-6-19/h2-16,32H,1H3. The number of rotatable bonds is 5. The fraction of sp³-hybridized carbons (Fsp3) is 0.0357. The lowest BCUT2D eigenvalue weighted by Gasteiger charge is -2.05. The van der Waals surface area contributed by atoms with E-state index in [9.17, 15) is 9.90 Å². The zero-order valence-corrected chi connectivity index (χ0v) is 20.2. The summed E-state index contributed by atoms with van der Waals surface area (Å²) in [6, 6.07) is 24.7. The molecule has 0 spiro atoms. The molecule has 7 heteroatoms. The minimum absolute atomic E-state index is 0.0594. The molecule has 0 aliphatic carbocycles. The third-order valence-electron chi connectivity index (χ3n) is 5.29. The van der Waals surface area contributed by atoms with Crippen LogP contribution in [0.3, 0.4) is 0 Å². The molecule has 0 saturated heterocycles. The van der Waals surface area contributed by atoms with Crippen molar-refractivity contribution in [2.24, 2.45) is 4.99 Å². The number of nitrogens with zero attached hydrogens (tertiary/aromatic N) is 2. The predicted octanol–water partition coefficient (Wildman–Crippen LogP) is 7.24. The number of oxazole rings is 1. The third-order valence-corrected chi connectivity index (χ3v) is 5.82. The van der Waals surface area contributed by atoms with Crippen molar-refractivity contribution in [2.75, 3.05) is 0 Å². The van der Waals surface area contributed by atoms with Gasteiger partial charge in [0.05, 0.1) is 16.8 Å². The van der Waals surface area contributed by atoms with Gasteiger partial charge in [0.25, 0.3) is 0 Å². The van der Waals surface area contributed by atoms with Gasteiger partial charge in [0.2, 0.25) is 5.89 Å². The van der Waals surface area contributed by atoms with Gasteiger partial charge in [0.15, 0.2) is 5.58 Å². The van der Waals surface area contributed by atoms with Gasteiger partial charge in [-0.15, -0.1) is 0 Å². The van der Waals surface area contributed by atoms with Gasteiger partial charge in [-0.25, -0.2) is 9.78 Å². The number of benzene rings is 4. The molecule has 4 aromatic carbocycles. The number of aromatic hydroxyl groups is 1. The maximum Gasteiger partial charge on any atom is 0.343 e. The van der Waals surface area contributed by atoms with Gasteiger partial charge in [0, 0.05) is 10.7 Å². The Kier molecular flexibility index (Phi) is 6.16. The number of fused-ring (bicyclic) bond motifs is 1. The molecular formula is C28H19BrN2O4. The first-order valence-corrected chi connectivity index (χ1v) is 11.6. The van der Waals surface area contributed by atoms with Crippen molar-refractivity contribution in [3.05, 3.63) is 106 Å². The molecule has 5 aromatic rings.